The zero-order valence-corrected chi connectivity index (χ0v) is 12.3. The van der Waals surface area contributed by atoms with Crippen molar-refractivity contribution >= 4 is 0 Å². The molecule has 0 aliphatic carbocycles. The van der Waals surface area contributed by atoms with Crippen LogP contribution in [-0.4, -0.2) is 0 Å². The van der Waals surface area contributed by atoms with Gasteiger partial charge in [-0.1, -0.05) is 31.2 Å². The normalized spacial score (nSPS) is 12.7. The fraction of sp³-hybridized carbons (Fsp3) is 0.412. The van der Waals surface area contributed by atoms with E-state index in [0.717, 1.165) is 29.9 Å². The smallest absolute Gasteiger partial charge is 0.106 e. The first-order chi connectivity index (χ1) is 9.02. The lowest BCUT2D eigenvalue weighted by atomic mass is 9.96. The monoisotopic (exact) mass is 257 g/mol. The van der Waals surface area contributed by atoms with Crippen LogP contribution in [-0.2, 0) is 12.8 Å². The van der Waals surface area contributed by atoms with Gasteiger partial charge < -0.3 is 10.2 Å². The summed E-state index contributed by atoms with van der Waals surface area (Å²) in [7, 11) is 0. The van der Waals surface area contributed by atoms with Crippen LogP contribution in [0.3, 0.4) is 0 Å². The van der Waals surface area contributed by atoms with Crippen molar-refractivity contribution in [3.05, 3.63) is 58.0 Å². The van der Waals surface area contributed by atoms with Gasteiger partial charge in [0.1, 0.15) is 11.5 Å². The predicted octanol–water partition coefficient (Wildman–Crippen LogP) is 4.01. The van der Waals surface area contributed by atoms with E-state index in [9.17, 15) is 0 Å². The molecule has 2 rings (SSSR count). The SMILES string of the molecule is CCc1ccc(CC(N)c2c(C)oc(C)c2C)cc1. The van der Waals surface area contributed by atoms with E-state index < -0.39 is 0 Å². The third kappa shape index (κ3) is 2.90. The van der Waals surface area contributed by atoms with Gasteiger partial charge in [-0.25, -0.2) is 0 Å². The minimum atomic E-state index is 0.00456. The number of hydrogen-bond donors (Lipinski definition) is 1. The summed E-state index contributed by atoms with van der Waals surface area (Å²) >= 11 is 0. The molecular weight excluding hydrogens is 234 g/mol. The second-order valence-electron chi connectivity index (χ2n) is 5.23. The van der Waals surface area contributed by atoms with Crippen LogP contribution < -0.4 is 5.73 Å². The van der Waals surface area contributed by atoms with Gasteiger partial charge in [-0.15, -0.1) is 0 Å². The Morgan fingerprint density at radius 1 is 1.00 bits per heavy atom. The Balaban J connectivity index is 2.18. The van der Waals surface area contributed by atoms with E-state index in [4.69, 9.17) is 10.2 Å². The van der Waals surface area contributed by atoms with Crippen LogP contribution in [0.4, 0.5) is 0 Å². The zero-order valence-electron chi connectivity index (χ0n) is 12.3. The highest BCUT2D eigenvalue weighted by Crippen LogP contribution is 2.27. The Morgan fingerprint density at radius 3 is 2.05 bits per heavy atom. The van der Waals surface area contributed by atoms with Crippen molar-refractivity contribution in [2.24, 2.45) is 5.73 Å². The van der Waals surface area contributed by atoms with E-state index in [1.165, 1.54) is 16.7 Å². The summed E-state index contributed by atoms with van der Waals surface area (Å²) in [6.45, 7) is 8.24. The van der Waals surface area contributed by atoms with E-state index >= 15 is 0 Å². The van der Waals surface area contributed by atoms with Gasteiger partial charge >= 0.3 is 0 Å². The lowest BCUT2D eigenvalue weighted by Gasteiger charge is -2.13. The first kappa shape index (κ1) is 13.9. The van der Waals surface area contributed by atoms with Crippen molar-refractivity contribution in [1.82, 2.24) is 0 Å². The van der Waals surface area contributed by atoms with Crippen molar-refractivity contribution in [1.29, 1.82) is 0 Å². The van der Waals surface area contributed by atoms with Gasteiger partial charge in [0.05, 0.1) is 0 Å². The largest absolute Gasteiger partial charge is 0.466 e. The molecular formula is C17H23NO. The lowest BCUT2D eigenvalue weighted by Crippen LogP contribution is -2.14. The maximum Gasteiger partial charge on any atom is 0.106 e. The molecule has 0 saturated carbocycles. The first-order valence-corrected chi connectivity index (χ1v) is 6.92. The summed E-state index contributed by atoms with van der Waals surface area (Å²) in [6.07, 6.45) is 1.93. The van der Waals surface area contributed by atoms with Crippen LogP contribution in [0.1, 0.15) is 46.7 Å². The number of nitrogens with two attached hydrogens (primary N) is 1. The fourth-order valence-corrected chi connectivity index (χ4v) is 2.62. The van der Waals surface area contributed by atoms with Gasteiger partial charge in [-0.2, -0.15) is 0 Å². The Morgan fingerprint density at radius 2 is 1.58 bits per heavy atom. The lowest BCUT2D eigenvalue weighted by molar-refractivity contribution is 0.496. The Bertz CT molecular complexity index is 551. The number of aryl methyl sites for hydroxylation is 3. The summed E-state index contributed by atoms with van der Waals surface area (Å²) in [4.78, 5) is 0. The van der Waals surface area contributed by atoms with Gasteiger partial charge in [0.25, 0.3) is 0 Å². The van der Waals surface area contributed by atoms with Crippen molar-refractivity contribution in [3.63, 3.8) is 0 Å². The molecule has 102 valence electrons. The van der Waals surface area contributed by atoms with Crippen LogP contribution in [0.25, 0.3) is 0 Å². The maximum absolute atomic E-state index is 6.35. The summed E-state index contributed by atoms with van der Waals surface area (Å²) in [5.41, 5.74) is 11.4. The zero-order chi connectivity index (χ0) is 14.0. The third-order valence-electron chi connectivity index (χ3n) is 3.88. The summed E-state index contributed by atoms with van der Waals surface area (Å²) < 4.78 is 5.66. The molecule has 2 aromatic rings. The number of hydrogen-bond acceptors (Lipinski definition) is 2. The van der Waals surface area contributed by atoms with E-state index in [1.54, 1.807) is 0 Å². The molecule has 0 fully saturated rings. The Labute approximate surface area is 115 Å². The molecule has 1 aromatic heterocycles. The number of benzene rings is 1. The molecule has 0 aliphatic rings. The molecule has 0 amide bonds. The first-order valence-electron chi connectivity index (χ1n) is 6.92. The summed E-state index contributed by atoms with van der Waals surface area (Å²) in [5.74, 6) is 1.93. The van der Waals surface area contributed by atoms with Gasteiger partial charge in [-0.3, -0.25) is 0 Å². The molecule has 0 radical (unpaired) electrons. The molecule has 2 heteroatoms. The second-order valence-corrected chi connectivity index (χ2v) is 5.23. The standard InChI is InChI=1S/C17H23NO/c1-5-14-6-8-15(9-7-14)10-16(18)17-11(2)12(3)19-13(17)4/h6-9,16H,5,10,18H2,1-4H3. The highest BCUT2D eigenvalue weighted by Gasteiger charge is 2.18. The predicted molar refractivity (Wildman–Crippen MR) is 79.4 cm³/mol. The third-order valence-corrected chi connectivity index (χ3v) is 3.88. The molecule has 19 heavy (non-hydrogen) atoms. The van der Waals surface area contributed by atoms with Gasteiger partial charge in [0, 0.05) is 11.6 Å². The number of furan rings is 1. The molecule has 0 saturated heterocycles. The van der Waals surface area contributed by atoms with E-state index in [1.807, 2.05) is 13.8 Å². The maximum atomic E-state index is 6.35. The number of rotatable bonds is 4. The van der Waals surface area contributed by atoms with E-state index in [2.05, 4.69) is 38.1 Å². The van der Waals surface area contributed by atoms with Crippen LogP contribution in [0.2, 0.25) is 0 Å². The average Bonchev–Trinajstić information content (AvgIpc) is 2.64. The highest BCUT2D eigenvalue weighted by molar-refractivity contribution is 5.35. The fourth-order valence-electron chi connectivity index (χ4n) is 2.62. The molecule has 2 nitrogen and oxygen atoms in total. The summed E-state index contributed by atoms with van der Waals surface area (Å²) in [6, 6.07) is 8.72. The Hall–Kier alpha value is -1.54. The van der Waals surface area contributed by atoms with Crippen LogP contribution in [0, 0.1) is 20.8 Å². The molecule has 0 spiro atoms. The van der Waals surface area contributed by atoms with Gasteiger partial charge in [0.2, 0.25) is 0 Å². The van der Waals surface area contributed by atoms with Gasteiger partial charge in [0.15, 0.2) is 0 Å². The van der Waals surface area contributed by atoms with Gasteiger partial charge in [-0.05, 0) is 50.3 Å². The van der Waals surface area contributed by atoms with Crippen molar-refractivity contribution in [2.75, 3.05) is 0 Å². The van der Waals surface area contributed by atoms with Crippen LogP contribution in [0.5, 0.6) is 0 Å². The highest BCUT2D eigenvalue weighted by atomic mass is 16.3. The topological polar surface area (TPSA) is 39.2 Å². The van der Waals surface area contributed by atoms with Crippen LogP contribution in [0.15, 0.2) is 28.7 Å². The molecule has 1 heterocycles. The molecule has 2 N–H and O–H groups in total. The minimum Gasteiger partial charge on any atom is -0.466 e. The molecule has 0 bridgehead atoms. The molecule has 1 unspecified atom stereocenters. The van der Waals surface area contributed by atoms with Crippen molar-refractivity contribution < 1.29 is 4.42 Å². The van der Waals surface area contributed by atoms with Crippen molar-refractivity contribution in [2.45, 2.75) is 46.6 Å². The van der Waals surface area contributed by atoms with Crippen molar-refractivity contribution in [3.8, 4) is 0 Å². The van der Waals surface area contributed by atoms with E-state index in [-0.39, 0.29) is 6.04 Å². The molecule has 1 atom stereocenters. The summed E-state index contributed by atoms with van der Waals surface area (Å²) in [5, 5.41) is 0. The van der Waals surface area contributed by atoms with E-state index in [0.29, 0.717) is 0 Å². The quantitative estimate of drug-likeness (QED) is 0.898. The molecule has 1 aromatic carbocycles. The second kappa shape index (κ2) is 5.62. The average molecular weight is 257 g/mol. The molecule has 0 aliphatic heterocycles. The van der Waals surface area contributed by atoms with Crippen LogP contribution >= 0.6 is 0 Å². The Kier molecular flexibility index (Phi) is 4.11. The minimum absolute atomic E-state index is 0.00456.